The van der Waals surface area contributed by atoms with Gasteiger partial charge in [0.25, 0.3) is 0 Å². The number of ether oxygens (including phenoxy) is 3. The minimum Gasteiger partial charge on any atom is -0.460 e. The van der Waals surface area contributed by atoms with E-state index in [1.54, 1.807) is 6.07 Å². The minimum atomic E-state index is -0.862. The highest BCUT2D eigenvalue weighted by Crippen LogP contribution is 2.46. The number of para-hydroxylation sites is 1. The molecule has 0 spiro atoms. The largest absolute Gasteiger partial charge is 0.460 e. The number of esters is 1. The van der Waals surface area contributed by atoms with Crippen molar-refractivity contribution in [3.63, 3.8) is 0 Å². The number of benzene rings is 1. The molecule has 1 aliphatic heterocycles. The molecule has 0 radical (unpaired) electrons. The Bertz CT molecular complexity index is 698. The monoisotopic (exact) mass is 408 g/mol. The number of carbonyl (C=O) groups is 1. The first-order valence-corrected chi connectivity index (χ1v) is 11.0. The third-order valence-electron chi connectivity index (χ3n) is 6.42. The fourth-order valence-corrected chi connectivity index (χ4v) is 4.75. The molecule has 4 nitrogen and oxygen atoms in total. The van der Waals surface area contributed by atoms with Gasteiger partial charge in [-0.25, -0.2) is 4.79 Å². The van der Waals surface area contributed by atoms with Crippen molar-refractivity contribution in [1.29, 1.82) is 0 Å². The van der Waals surface area contributed by atoms with E-state index in [4.69, 9.17) is 25.8 Å². The summed E-state index contributed by atoms with van der Waals surface area (Å²) in [4.78, 5) is 13.3. The van der Waals surface area contributed by atoms with Gasteiger partial charge in [-0.3, -0.25) is 0 Å². The van der Waals surface area contributed by atoms with Crippen molar-refractivity contribution in [1.82, 2.24) is 0 Å². The van der Waals surface area contributed by atoms with Crippen LogP contribution in [0.25, 0.3) is 0 Å². The third-order valence-corrected chi connectivity index (χ3v) is 6.72. The average Bonchev–Trinajstić information content (AvgIpc) is 2.67. The van der Waals surface area contributed by atoms with Crippen LogP contribution in [0.4, 0.5) is 0 Å². The molecule has 0 N–H and O–H groups in total. The normalized spacial score (nSPS) is 29.1. The van der Waals surface area contributed by atoms with Gasteiger partial charge in [0.15, 0.2) is 6.10 Å². The number of fused-ring (bicyclic) bond motifs is 1. The van der Waals surface area contributed by atoms with Crippen LogP contribution in [0.1, 0.15) is 78.4 Å². The number of hydrogen-bond donors (Lipinski definition) is 0. The Morgan fingerprint density at radius 2 is 2.00 bits per heavy atom. The molecule has 4 atom stereocenters. The maximum Gasteiger partial charge on any atom is 0.340 e. The summed E-state index contributed by atoms with van der Waals surface area (Å²) in [5.41, 5.74) is 0.653. The van der Waals surface area contributed by atoms with Crippen LogP contribution in [-0.2, 0) is 14.3 Å². The molecule has 28 heavy (non-hydrogen) atoms. The molecule has 1 aliphatic carbocycles. The Morgan fingerprint density at radius 1 is 1.29 bits per heavy atom. The average molecular weight is 409 g/mol. The first kappa shape index (κ1) is 21.4. The van der Waals surface area contributed by atoms with Crippen LogP contribution in [0.5, 0.6) is 5.75 Å². The molecule has 0 unspecified atom stereocenters. The molecule has 0 bridgehead atoms. The predicted molar refractivity (Wildman–Crippen MR) is 110 cm³/mol. The molecule has 1 saturated carbocycles. The Morgan fingerprint density at radius 3 is 2.64 bits per heavy atom. The van der Waals surface area contributed by atoms with Crippen LogP contribution in [-0.4, -0.2) is 17.9 Å². The van der Waals surface area contributed by atoms with Gasteiger partial charge in [-0.15, -0.1) is 0 Å². The molecule has 1 heterocycles. The smallest absolute Gasteiger partial charge is 0.340 e. The molecular weight excluding hydrogens is 376 g/mol. The molecule has 0 saturated heterocycles. The quantitative estimate of drug-likeness (QED) is 0.535. The molecule has 1 aromatic carbocycles. The topological polar surface area (TPSA) is 44.8 Å². The summed E-state index contributed by atoms with van der Waals surface area (Å²) < 4.78 is 18.4. The zero-order valence-electron chi connectivity index (χ0n) is 17.7. The molecule has 1 aromatic rings. The lowest BCUT2D eigenvalue weighted by molar-refractivity contribution is -0.242. The van der Waals surface area contributed by atoms with Crippen molar-refractivity contribution in [2.75, 3.05) is 0 Å². The summed E-state index contributed by atoms with van der Waals surface area (Å²) in [5.74, 6) is 0.782. The summed E-state index contributed by atoms with van der Waals surface area (Å²) >= 11 is 6.40. The fourth-order valence-electron chi connectivity index (χ4n) is 4.53. The van der Waals surface area contributed by atoms with Gasteiger partial charge < -0.3 is 14.2 Å². The zero-order chi connectivity index (χ0) is 20.5. The lowest BCUT2D eigenvalue weighted by Crippen LogP contribution is -2.46. The van der Waals surface area contributed by atoms with E-state index in [9.17, 15) is 4.79 Å². The number of rotatable bonds is 5. The van der Waals surface area contributed by atoms with Crippen LogP contribution in [0.3, 0.4) is 0 Å². The zero-order valence-corrected chi connectivity index (χ0v) is 18.4. The highest BCUT2D eigenvalue weighted by molar-refractivity contribution is 6.32. The summed E-state index contributed by atoms with van der Waals surface area (Å²) in [6.07, 6.45) is 3.56. The van der Waals surface area contributed by atoms with E-state index in [1.165, 1.54) is 6.42 Å². The number of hydrogen-bond acceptors (Lipinski definition) is 4. The van der Waals surface area contributed by atoms with E-state index in [1.807, 2.05) is 26.0 Å². The van der Waals surface area contributed by atoms with Crippen molar-refractivity contribution in [3.8, 4) is 5.75 Å². The molecule has 156 valence electrons. The van der Waals surface area contributed by atoms with Crippen LogP contribution < -0.4 is 4.74 Å². The maximum atomic E-state index is 13.3. The van der Waals surface area contributed by atoms with Crippen LogP contribution in [0.2, 0.25) is 5.02 Å². The van der Waals surface area contributed by atoms with Crippen molar-refractivity contribution in [3.05, 3.63) is 28.8 Å². The minimum absolute atomic E-state index is 0.0667. The van der Waals surface area contributed by atoms with Gasteiger partial charge in [0.05, 0.1) is 5.02 Å². The van der Waals surface area contributed by atoms with Crippen LogP contribution in [0, 0.1) is 17.8 Å². The Hall–Kier alpha value is -1.26. The van der Waals surface area contributed by atoms with Gasteiger partial charge in [-0.1, -0.05) is 64.8 Å². The lowest BCUT2D eigenvalue weighted by Gasteiger charge is -2.42. The second kappa shape index (κ2) is 8.62. The highest BCUT2D eigenvalue weighted by atomic mass is 35.5. The Kier molecular flexibility index (Phi) is 6.61. The molecule has 1 fully saturated rings. The predicted octanol–water partition coefficient (Wildman–Crippen LogP) is 6.31. The van der Waals surface area contributed by atoms with Crippen molar-refractivity contribution in [2.45, 2.75) is 84.7 Å². The van der Waals surface area contributed by atoms with Gasteiger partial charge in [-0.05, 0) is 36.7 Å². The van der Waals surface area contributed by atoms with E-state index in [2.05, 4.69) is 20.8 Å². The SMILES string of the molecule is CCC1(CC)Oc2c(Cl)cccc2[C@H](C(=O)O[C@H]2C[C@@H](C)CC[C@@H]2C(C)C)O1. The maximum absolute atomic E-state index is 13.3. The van der Waals surface area contributed by atoms with Crippen molar-refractivity contribution < 1.29 is 19.0 Å². The van der Waals surface area contributed by atoms with E-state index >= 15 is 0 Å². The summed E-state index contributed by atoms with van der Waals surface area (Å²) in [6.45, 7) is 10.6. The second-order valence-corrected chi connectivity index (χ2v) is 9.08. The molecule has 5 heteroatoms. The number of halogens is 1. The highest BCUT2D eigenvalue weighted by Gasteiger charge is 2.45. The van der Waals surface area contributed by atoms with Crippen molar-refractivity contribution >= 4 is 17.6 Å². The summed E-state index contributed by atoms with van der Waals surface area (Å²) in [6, 6.07) is 5.44. The molecule has 3 rings (SSSR count). The van der Waals surface area contributed by atoms with E-state index in [-0.39, 0.29) is 12.1 Å². The van der Waals surface area contributed by atoms with Gasteiger partial charge in [0.1, 0.15) is 11.9 Å². The summed E-state index contributed by atoms with van der Waals surface area (Å²) in [7, 11) is 0. The molecule has 0 aromatic heterocycles. The molecule has 0 amide bonds. The molecular formula is C23H33ClO4. The third kappa shape index (κ3) is 4.18. The Balaban J connectivity index is 1.88. The fraction of sp³-hybridized carbons (Fsp3) is 0.696. The van der Waals surface area contributed by atoms with Gasteiger partial charge >= 0.3 is 5.97 Å². The molecule has 2 aliphatic rings. The standard InChI is InChI=1S/C23H33ClO4/c1-6-23(7-2)27-20-17(9-8-10-18(20)24)21(28-23)22(25)26-19-13-15(5)11-12-16(19)14(3)4/h8-10,14-16,19,21H,6-7,11-13H2,1-5H3/t15-,16+,19-,21+/m0/s1. The summed E-state index contributed by atoms with van der Waals surface area (Å²) in [5, 5.41) is 0.497. The second-order valence-electron chi connectivity index (χ2n) is 8.68. The van der Waals surface area contributed by atoms with E-state index < -0.39 is 11.9 Å². The van der Waals surface area contributed by atoms with Crippen molar-refractivity contribution in [2.24, 2.45) is 17.8 Å². The van der Waals surface area contributed by atoms with E-state index in [0.717, 1.165) is 12.8 Å². The first-order chi connectivity index (χ1) is 13.3. The Labute approximate surface area is 173 Å². The number of carbonyl (C=O) groups excluding carboxylic acids is 1. The van der Waals surface area contributed by atoms with Crippen LogP contribution >= 0.6 is 11.6 Å². The van der Waals surface area contributed by atoms with Gasteiger partial charge in [0.2, 0.25) is 5.79 Å². The lowest BCUT2D eigenvalue weighted by atomic mass is 9.75. The van der Waals surface area contributed by atoms with Gasteiger partial charge in [-0.2, -0.15) is 0 Å². The van der Waals surface area contributed by atoms with Gasteiger partial charge in [0, 0.05) is 18.4 Å². The first-order valence-electron chi connectivity index (χ1n) is 10.7. The van der Waals surface area contributed by atoms with Crippen LogP contribution in [0.15, 0.2) is 18.2 Å². The van der Waals surface area contributed by atoms with E-state index in [0.29, 0.717) is 46.9 Å².